The number of nitrogens with zero attached hydrogens (tertiary/aromatic N) is 1. The summed E-state index contributed by atoms with van der Waals surface area (Å²) in [4.78, 5) is 2.46. The van der Waals surface area contributed by atoms with E-state index in [2.05, 4.69) is 29.4 Å². The Labute approximate surface area is 121 Å². The Morgan fingerprint density at radius 3 is 2.68 bits per heavy atom. The highest BCUT2D eigenvalue weighted by Gasteiger charge is 2.18. The van der Waals surface area contributed by atoms with Crippen molar-refractivity contribution in [3.05, 3.63) is 29.8 Å². The summed E-state index contributed by atoms with van der Waals surface area (Å²) in [6.45, 7) is 0.941. The fourth-order valence-corrected chi connectivity index (χ4v) is 2.94. The van der Waals surface area contributed by atoms with Crippen LogP contribution in [0.2, 0.25) is 0 Å². The van der Waals surface area contributed by atoms with Crippen LogP contribution >= 0.6 is 12.2 Å². The van der Waals surface area contributed by atoms with Crippen molar-refractivity contribution >= 4 is 23.0 Å². The monoisotopic (exact) mass is 277 g/mol. The van der Waals surface area contributed by atoms with E-state index < -0.39 is 0 Å². The first kappa shape index (κ1) is 14.3. The Bertz CT molecular complexity index is 427. The van der Waals surface area contributed by atoms with Gasteiger partial charge in [0.2, 0.25) is 0 Å². The molecular weight excluding hydrogens is 254 g/mol. The predicted molar refractivity (Wildman–Crippen MR) is 85.2 cm³/mol. The van der Waals surface area contributed by atoms with Gasteiger partial charge in [0.25, 0.3) is 0 Å². The number of anilines is 1. The molecule has 0 heterocycles. The summed E-state index contributed by atoms with van der Waals surface area (Å²) >= 11 is 4.93. The third-order valence-electron chi connectivity index (χ3n) is 3.89. The lowest BCUT2D eigenvalue weighted by Crippen LogP contribution is -2.33. The second kappa shape index (κ2) is 6.87. The van der Waals surface area contributed by atoms with Crippen molar-refractivity contribution in [1.29, 1.82) is 0 Å². The van der Waals surface area contributed by atoms with Gasteiger partial charge in [-0.15, -0.1) is 0 Å². The summed E-state index contributed by atoms with van der Waals surface area (Å²) in [7, 11) is 2.22. The Morgan fingerprint density at radius 2 is 2.00 bits per heavy atom. The molecule has 1 fully saturated rings. The molecule has 0 saturated heterocycles. The number of nitrogens with two attached hydrogens (primary N) is 1. The van der Waals surface area contributed by atoms with Crippen LogP contribution < -0.4 is 11.1 Å². The lowest BCUT2D eigenvalue weighted by atomic mass is 9.94. The third kappa shape index (κ3) is 4.18. The van der Waals surface area contributed by atoms with Gasteiger partial charge < -0.3 is 11.1 Å². The molecule has 4 heteroatoms. The van der Waals surface area contributed by atoms with Gasteiger partial charge >= 0.3 is 0 Å². The first-order valence-corrected chi connectivity index (χ1v) is 7.42. The number of rotatable bonds is 4. The van der Waals surface area contributed by atoms with Crippen molar-refractivity contribution in [2.75, 3.05) is 12.4 Å². The average Bonchev–Trinajstić information content (AvgIpc) is 2.41. The van der Waals surface area contributed by atoms with Gasteiger partial charge in [0.05, 0.1) is 0 Å². The van der Waals surface area contributed by atoms with E-state index in [9.17, 15) is 0 Å². The highest BCUT2D eigenvalue weighted by Crippen LogP contribution is 2.24. The molecule has 3 nitrogen and oxygen atoms in total. The van der Waals surface area contributed by atoms with E-state index in [0.717, 1.165) is 12.2 Å². The number of hydrogen-bond acceptors (Lipinski definition) is 2. The zero-order valence-electron chi connectivity index (χ0n) is 11.6. The molecule has 104 valence electrons. The second-order valence-corrected chi connectivity index (χ2v) is 5.79. The number of nitrogens with one attached hydrogen (secondary N) is 1. The summed E-state index contributed by atoms with van der Waals surface area (Å²) in [5.41, 5.74) is 7.85. The largest absolute Gasteiger partial charge is 0.376 e. The van der Waals surface area contributed by atoms with Crippen molar-refractivity contribution in [2.24, 2.45) is 5.73 Å². The molecule has 2 rings (SSSR count). The third-order valence-corrected chi connectivity index (χ3v) is 4.00. The Hall–Kier alpha value is -1.13. The quantitative estimate of drug-likeness (QED) is 0.830. The number of thiocarbonyl (C=S) groups is 1. The molecule has 19 heavy (non-hydrogen) atoms. The van der Waals surface area contributed by atoms with Crippen LogP contribution in [-0.2, 0) is 6.54 Å². The predicted octanol–water partition coefficient (Wildman–Crippen LogP) is 3.11. The minimum Gasteiger partial charge on any atom is -0.376 e. The van der Waals surface area contributed by atoms with Crippen molar-refractivity contribution in [1.82, 2.24) is 4.90 Å². The molecule has 0 bridgehead atoms. The zero-order chi connectivity index (χ0) is 13.7. The maximum absolute atomic E-state index is 5.57. The van der Waals surface area contributed by atoms with E-state index in [1.165, 1.54) is 37.7 Å². The van der Waals surface area contributed by atoms with Gasteiger partial charge in [0.1, 0.15) is 0 Å². The standard InChI is InChI=1S/C15H23N3S/c1-18(13-8-3-2-4-9-13)11-12-7-5-6-10-14(12)17-15(16)19/h5-7,10,13H,2-4,8-9,11H2,1H3,(H3,16,17,19). The van der Waals surface area contributed by atoms with Crippen LogP contribution in [-0.4, -0.2) is 23.1 Å². The van der Waals surface area contributed by atoms with Crippen LogP contribution in [0.3, 0.4) is 0 Å². The summed E-state index contributed by atoms with van der Waals surface area (Å²) in [5.74, 6) is 0. The molecule has 1 saturated carbocycles. The molecule has 0 spiro atoms. The van der Waals surface area contributed by atoms with Crippen LogP contribution in [0.1, 0.15) is 37.7 Å². The van der Waals surface area contributed by atoms with Gasteiger partial charge in [0, 0.05) is 18.3 Å². The number of para-hydroxylation sites is 1. The van der Waals surface area contributed by atoms with Crippen LogP contribution in [0, 0.1) is 0 Å². The molecule has 1 aliphatic carbocycles. The topological polar surface area (TPSA) is 41.3 Å². The normalized spacial score (nSPS) is 16.5. The van der Waals surface area contributed by atoms with Crippen molar-refractivity contribution < 1.29 is 0 Å². The summed E-state index contributed by atoms with van der Waals surface area (Å²) in [5, 5.41) is 3.39. The van der Waals surface area contributed by atoms with Crippen molar-refractivity contribution in [2.45, 2.75) is 44.7 Å². The second-order valence-electron chi connectivity index (χ2n) is 5.35. The Kier molecular flexibility index (Phi) is 5.16. The minimum absolute atomic E-state index is 0.327. The van der Waals surface area contributed by atoms with E-state index in [0.29, 0.717) is 11.2 Å². The van der Waals surface area contributed by atoms with Gasteiger partial charge in [-0.05, 0) is 43.7 Å². The molecule has 0 aromatic heterocycles. The minimum atomic E-state index is 0.327. The summed E-state index contributed by atoms with van der Waals surface area (Å²) < 4.78 is 0. The molecule has 0 unspecified atom stereocenters. The molecule has 1 aromatic carbocycles. The molecule has 0 radical (unpaired) electrons. The van der Waals surface area contributed by atoms with Gasteiger partial charge in [-0.1, -0.05) is 37.5 Å². The van der Waals surface area contributed by atoms with Crippen molar-refractivity contribution in [3.8, 4) is 0 Å². The fourth-order valence-electron chi connectivity index (χ4n) is 2.83. The highest BCUT2D eigenvalue weighted by molar-refractivity contribution is 7.80. The van der Waals surface area contributed by atoms with Crippen LogP contribution in [0.5, 0.6) is 0 Å². The van der Waals surface area contributed by atoms with E-state index in [4.69, 9.17) is 18.0 Å². The van der Waals surface area contributed by atoms with E-state index in [1.54, 1.807) is 0 Å². The SMILES string of the molecule is CN(Cc1ccccc1NC(N)=S)C1CCCCC1. The van der Waals surface area contributed by atoms with E-state index >= 15 is 0 Å². The molecule has 3 N–H and O–H groups in total. The van der Waals surface area contributed by atoms with Gasteiger partial charge in [-0.2, -0.15) is 0 Å². The number of hydrogen-bond donors (Lipinski definition) is 2. The van der Waals surface area contributed by atoms with Gasteiger partial charge in [-0.25, -0.2) is 0 Å². The molecular formula is C15H23N3S. The lowest BCUT2D eigenvalue weighted by Gasteiger charge is -2.31. The molecule has 1 aromatic rings. The van der Waals surface area contributed by atoms with E-state index in [1.807, 2.05) is 12.1 Å². The summed E-state index contributed by atoms with van der Waals surface area (Å²) in [6.07, 6.45) is 6.76. The number of benzene rings is 1. The Morgan fingerprint density at radius 1 is 1.32 bits per heavy atom. The van der Waals surface area contributed by atoms with Crippen LogP contribution in [0.15, 0.2) is 24.3 Å². The fraction of sp³-hybridized carbons (Fsp3) is 0.533. The van der Waals surface area contributed by atoms with Crippen molar-refractivity contribution in [3.63, 3.8) is 0 Å². The van der Waals surface area contributed by atoms with Gasteiger partial charge in [0.15, 0.2) is 5.11 Å². The molecule has 0 aliphatic heterocycles. The van der Waals surface area contributed by atoms with Gasteiger partial charge in [-0.3, -0.25) is 4.90 Å². The molecule has 0 atom stereocenters. The average molecular weight is 277 g/mol. The first-order valence-electron chi connectivity index (χ1n) is 7.01. The lowest BCUT2D eigenvalue weighted by molar-refractivity contribution is 0.185. The Balaban J connectivity index is 2.02. The van der Waals surface area contributed by atoms with E-state index in [-0.39, 0.29) is 0 Å². The highest BCUT2D eigenvalue weighted by atomic mass is 32.1. The van der Waals surface area contributed by atoms with Crippen LogP contribution in [0.25, 0.3) is 0 Å². The molecule has 0 amide bonds. The summed E-state index contributed by atoms with van der Waals surface area (Å²) in [6, 6.07) is 8.95. The maximum atomic E-state index is 5.57. The zero-order valence-corrected chi connectivity index (χ0v) is 12.4. The first-order chi connectivity index (χ1) is 9.16. The maximum Gasteiger partial charge on any atom is 0.168 e. The smallest absolute Gasteiger partial charge is 0.168 e. The van der Waals surface area contributed by atoms with Crippen LogP contribution in [0.4, 0.5) is 5.69 Å². The molecule has 1 aliphatic rings.